The molecule has 1 unspecified atom stereocenters. The Morgan fingerprint density at radius 2 is 1.87 bits per heavy atom. The molecule has 2 aromatic heterocycles. The van der Waals surface area contributed by atoms with Crippen molar-refractivity contribution in [1.29, 1.82) is 0 Å². The molecule has 5 rings (SSSR count). The molecule has 0 spiro atoms. The number of carbonyl (C=O) groups is 2. The maximum absolute atomic E-state index is 13.6. The van der Waals surface area contributed by atoms with Gasteiger partial charge in [0.2, 0.25) is 0 Å². The highest BCUT2D eigenvalue weighted by atomic mass is 16.5. The fraction of sp³-hybridized carbons (Fsp3) is 0.300. The van der Waals surface area contributed by atoms with E-state index in [-0.39, 0.29) is 23.7 Å². The van der Waals surface area contributed by atoms with E-state index in [1.807, 2.05) is 55.5 Å². The lowest BCUT2D eigenvalue weighted by molar-refractivity contribution is -0.360. The molecule has 3 aromatic rings. The SMILES string of the molecule is COc1ccc(OCc2ccc(C3C(C(=O)Nc4cccc[nH+]4)=C(C)NC4=C3C(=O)CC(C)(C)C4)o2)cc1. The summed E-state index contributed by atoms with van der Waals surface area (Å²) >= 11 is 0. The van der Waals surface area contributed by atoms with E-state index in [9.17, 15) is 9.59 Å². The molecule has 1 amide bonds. The van der Waals surface area contributed by atoms with Crippen LogP contribution >= 0.6 is 0 Å². The van der Waals surface area contributed by atoms with Crippen LogP contribution in [-0.4, -0.2) is 18.8 Å². The van der Waals surface area contributed by atoms with E-state index in [4.69, 9.17) is 13.9 Å². The van der Waals surface area contributed by atoms with Crippen molar-refractivity contribution in [3.05, 3.63) is 94.9 Å². The van der Waals surface area contributed by atoms with Crippen molar-refractivity contribution in [2.45, 2.75) is 46.1 Å². The average Bonchev–Trinajstić information content (AvgIpc) is 3.35. The van der Waals surface area contributed by atoms with Gasteiger partial charge in [0.1, 0.15) is 29.6 Å². The molecule has 38 heavy (non-hydrogen) atoms. The summed E-state index contributed by atoms with van der Waals surface area (Å²) in [7, 11) is 1.61. The molecular formula is C30H32N3O5+. The first-order valence-corrected chi connectivity index (χ1v) is 12.6. The Morgan fingerprint density at radius 1 is 1.11 bits per heavy atom. The standard InChI is InChI=1S/C30H31N3O5/c1-18-26(29(35)33-25-7-5-6-14-31-25)28(27-22(32-18)15-30(2,3)16-23(27)34)24-13-12-21(38-24)17-37-20-10-8-19(36-4)9-11-20/h5-14,28,32H,15-17H2,1-4H3,(H,31,33,35)/p+1. The van der Waals surface area contributed by atoms with Gasteiger partial charge in [0.25, 0.3) is 5.82 Å². The van der Waals surface area contributed by atoms with Crippen LogP contribution in [0, 0.1) is 5.41 Å². The van der Waals surface area contributed by atoms with Gasteiger partial charge in [-0.05, 0) is 61.2 Å². The molecule has 196 valence electrons. The minimum Gasteiger partial charge on any atom is -0.497 e. The summed E-state index contributed by atoms with van der Waals surface area (Å²) in [6.45, 7) is 6.23. The number of allylic oxidation sites excluding steroid dienone is 3. The Balaban J connectivity index is 1.46. The molecule has 1 aliphatic carbocycles. The monoisotopic (exact) mass is 514 g/mol. The molecule has 0 fully saturated rings. The summed E-state index contributed by atoms with van der Waals surface area (Å²) in [5, 5.41) is 6.30. The van der Waals surface area contributed by atoms with Crippen LogP contribution in [0.3, 0.4) is 0 Å². The van der Waals surface area contributed by atoms with E-state index in [2.05, 4.69) is 29.5 Å². The van der Waals surface area contributed by atoms with Gasteiger partial charge in [0, 0.05) is 29.5 Å². The molecule has 1 atom stereocenters. The molecule has 0 saturated heterocycles. The van der Waals surface area contributed by atoms with Crippen molar-refractivity contribution in [2.24, 2.45) is 5.41 Å². The number of dihydropyridines is 1. The van der Waals surface area contributed by atoms with E-state index < -0.39 is 5.92 Å². The predicted molar refractivity (Wildman–Crippen MR) is 141 cm³/mol. The number of Topliss-reactive ketones (excluding diaryl/α,β-unsaturated/α-hetero) is 1. The first kappa shape index (κ1) is 25.3. The highest BCUT2D eigenvalue weighted by Crippen LogP contribution is 2.47. The number of ether oxygens (including phenoxy) is 2. The van der Waals surface area contributed by atoms with Crippen molar-refractivity contribution in [3.8, 4) is 11.5 Å². The maximum atomic E-state index is 13.6. The number of anilines is 1. The lowest BCUT2D eigenvalue weighted by Crippen LogP contribution is -2.39. The Bertz CT molecular complexity index is 1420. The molecule has 3 heterocycles. The van der Waals surface area contributed by atoms with Crippen LogP contribution in [0.4, 0.5) is 5.82 Å². The molecule has 1 aliphatic heterocycles. The lowest BCUT2D eigenvalue weighted by Gasteiger charge is -2.38. The van der Waals surface area contributed by atoms with Crippen molar-refractivity contribution in [2.75, 3.05) is 12.4 Å². The second kappa shape index (κ2) is 10.2. The molecule has 0 bridgehead atoms. The van der Waals surface area contributed by atoms with Crippen LogP contribution in [0.1, 0.15) is 51.1 Å². The second-order valence-corrected chi connectivity index (χ2v) is 10.4. The minimum absolute atomic E-state index is 0.0188. The predicted octanol–water partition coefficient (Wildman–Crippen LogP) is 4.92. The summed E-state index contributed by atoms with van der Waals surface area (Å²) in [5.41, 5.74) is 2.41. The van der Waals surface area contributed by atoms with Gasteiger partial charge in [-0.25, -0.2) is 15.1 Å². The first-order valence-electron chi connectivity index (χ1n) is 12.6. The summed E-state index contributed by atoms with van der Waals surface area (Å²) < 4.78 is 17.3. The number of nitrogens with one attached hydrogen (secondary N) is 3. The number of ketones is 1. The zero-order valence-corrected chi connectivity index (χ0v) is 22.0. The molecule has 2 aliphatic rings. The lowest BCUT2D eigenvalue weighted by atomic mass is 9.69. The van der Waals surface area contributed by atoms with E-state index >= 15 is 0 Å². The molecule has 0 radical (unpaired) electrons. The van der Waals surface area contributed by atoms with Gasteiger partial charge in [-0.1, -0.05) is 19.9 Å². The summed E-state index contributed by atoms with van der Waals surface area (Å²) in [6.07, 6.45) is 2.85. The third kappa shape index (κ3) is 5.20. The molecule has 0 saturated carbocycles. The summed E-state index contributed by atoms with van der Waals surface area (Å²) in [5.74, 6) is 2.18. The van der Waals surface area contributed by atoms with Crippen LogP contribution in [0.15, 0.2) is 87.8 Å². The van der Waals surface area contributed by atoms with Gasteiger partial charge in [-0.2, -0.15) is 0 Å². The van der Waals surface area contributed by atoms with Crippen molar-refractivity contribution < 1.29 is 28.5 Å². The van der Waals surface area contributed by atoms with Crippen LogP contribution in [-0.2, 0) is 16.2 Å². The number of rotatable bonds is 7. The van der Waals surface area contributed by atoms with Gasteiger partial charge in [0.15, 0.2) is 5.78 Å². The maximum Gasteiger partial charge on any atom is 0.337 e. The number of furan rings is 1. The first-order chi connectivity index (χ1) is 18.2. The highest BCUT2D eigenvalue weighted by molar-refractivity contribution is 6.09. The van der Waals surface area contributed by atoms with Crippen LogP contribution in [0.25, 0.3) is 0 Å². The molecule has 3 N–H and O–H groups in total. The number of hydrogen-bond acceptors (Lipinski definition) is 6. The Labute approximate surface area is 221 Å². The van der Waals surface area contributed by atoms with Crippen molar-refractivity contribution in [3.63, 3.8) is 0 Å². The van der Waals surface area contributed by atoms with Gasteiger partial charge in [-0.15, -0.1) is 0 Å². The van der Waals surface area contributed by atoms with E-state index in [0.717, 1.165) is 11.4 Å². The van der Waals surface area contributed by atoms with E-state index in [0.29, 0.717) is 52.8 Å². The van der Waals surface area contributed by atoms with Crippen molar-refractivity contribution in [1.82, 2.24) is 5.32 Å². The number of amides is 1. The highest BCUT2D eigenvalue weighted by Gasteiger charge is 2.44. The molecule has 1 aromatic carbocycles. The topological polar surface area (TPSA) is 104 Å². The average molecular weight is 515 g/mol. The zero-order chi connectivity index (χ0) is 26.9. The van der Waals surface area contributed by atoms with Gasteiger partial charge >= 0.3 is 5.91 Å². The number of carbonyl (C=O) groups excluding carboxylic acids is 2. The van der Waals surface area contributed by atoms with Crippen LogP contribution in [0.2, 0.25) is 0 Å². The van der Waals surface area contributed by atoms with Crippen LogP contribution in [0.5, 0.6) is 11.5 Å². The van der Waals surface area contributed by atoms with E-state index in [1.165, 1.54) is 0 Å². The fourth-order valence-corrected chi connectivity index (χ4v) is 5.14. The Morgan fingerprint density at radius 3 is 2.58 bits per heavy atom. The van der Waals surface area contributed by atoms with Gasteiger partial charge < -0.3 is 19.2 Å². The molecule has 8 nitrogen and oxygen atoms in total. The van der Waals surface area contributed by atoms with Gasteiger partial charge in [0.05, 0.1) is 24.8 Å². The minimum atomic E-state index is -0.631. The second-order valence-electron chi connectivity index (χ2n) is 10.4. The number of aromatic amines is 1. The number of methoxy groups -OCH3 is 1. The quantitative estimate of drug-likeness (QED) is 0.464. The Kier molecular flexibility index (Phi) is 6.80. The van der Waals surface area contributed by atoms with Crippen molar-refractivity contribution >= 4 is 17.5 Å². The third-order valence-corrected chi connectivity index (χ3v) is 6.85. The third-order valence-electron chi connectivity index (χ3n) is 6.85. The van der Waals surface area contributed by atoms with Gasteiger partial charge in [-0.3, -0.25) is 4.79 Å². The van der Waals surface area contributed by atoms with E-state index in [1.54, 1.807) is 19.4 Å². The summed E-state index contributed by atoms with van der Waals surface area (Å²) in [6, 6.07) is 16.4. The number of pyridine rings is 1. The number of benzene rings is 1. The fourth-order valence-electron chi connectivity index (χ4n) is 5.14. The Hall–Kier alpha value is -4.33. The largest absolute Gasteiger partial charge is 0.497 e. The number of H-pyrrole nitrogens is 1. The molecule has 8 heteroatoms. The summed E-state index contributed by atoms with van der Waals surface area (Å²) in [4.78, 5) is 30.1. The van der Waals surface area contributed by atoms with Crippen LogP contribution < -0.4 is 25.1 Å². The molecular weight excluding hydrogens is 482 g/mol. The normalized spacial score (nSPS) is 18.5. The smallest absolute Gasteiger partial charge is 0.337 e. The zero-order valence-electron chi connectivity index (χ0n) is 22.0. The number of hydrogen-bond donors (Lipinski definition) is 2. The number of aromatic nitrogens is 1.